The first-order chi connectivity index (χ1) is 19.7. The molecule has 10 heteroatoms. The van der Waals surface area contributed by atoms with Crippen LogP contribution >= 0.6 is 0 Å². The largest absolute Gasteiger partial charge is 0.326 e. The average molecular weight is 530 g/mol. The number of fused-ring (bicyclic) bond motifs is 1. The van der Waals surface area contributed by atoms with Gasteiger partial charge in [0.25, 0.3) is 0 Å². The fourth-order valence-electron chi connectivity index (χ4n) is 5.53. The number of benzene rings is 3. The minimum Gasteiger partial charge on any atom is -0.306 e. The molecule has 10 nitrogen and oxygen atoms in total. The van der Waals surface area contributed by atoms with Crippen LogP contribution in [0.25, 0.3) is 45.1 Å². The second-order valence-electron chi connectivity index (χ2n) is 10.1. The summed E-state index contributed by atoms with van der Waals surface area (Å²) in [6.45, 7) is 2.73. The summed E-state index contributed by atoms with van der Waals surface area (Å²) < 4.78 is 1.94. The van der Waals surface area contributed by atoms with Crippen LogP contribution in [0.2, 0.25) is 0 Å². The van der Waals surface area contributed by atoms with E-state index in [9.17, 15) is 4.79 Å². The van der Waals surface area contributed by atoms with Gasteiger partial charge in [0.05, 0.1) is 17.2 Å². The summed E-state index contributed by atoms with van der Waals surface area (Å²) in [5, 5.41) is 19.4. The molecule has 198 valence electrons. The van der Waals surface area contributed by atoms with Crippen molar-refractivity contribution >= 4 is 11.0 Å². The van der Waals surface area contributed by atoms with Crippen molar-refractivity contribution in [3.63, 3.8) is 0 Å². The summed E-state index contributed by atoms with van der Waals surface area (Å²) in [5.74, 6) is 0.421. The summed E-state index contributed by atoms with van der Waals surface area (Å²) in [7, 11) is 0. The van der Waals surface area contributed by atoms with Gasteiger partial charge < -0.3 is 4.98 Å². The van der Waals surface area contributed by atoms with Crippen LogP contribution in [0.4, 0.5) is 0 Å². The Bertz CT molecular complexity index is 1800. The number of aromatic nitrogens is 8. The lowest BCUT2D eigenvalue weighted by Crippen LogP contribution is -2.36. The van der Waals surface area contributed by atoms with Gasteiger partial charge in [0, 0.05) is 36.8 Å². The molecule has 0 bridgehead atoms. The summed E-state index contributed by atoms with van der Waals surface area (Å²) in [5.41, 5.74) is 7.02. The lowest BCUT2D eigenvalue weighted by Gasteiger charge is -2.32. The van der Waals surface area contributed by atoms with E-state index >= 15 is 0 Å². The molecule has 1 saturated heterocycles. The number of likely N-dealkylation sites (tertiary alicyclic amines) is 1. The zero-order valence-corrected chi connectivity index (χ0v) is 21.7. The molecule has 0 amide bonds. The Labute approximate surface area is 229 Å². The van der Waals surface area contributed by atoms with E-state index in [1.807, 2.05) is 59.2 Å². The number of hydrogen-bond donors (Lipinski definition) is 2. The number of nitrogens with zero attached hydrogens (tertiary/aromatic N) is 7. The van der Waals surface area contributed by atoms with E-state index in [4.69, 9.17) is 4.98 Å². The van der Waals surface area contributed by atoms with Gasteiger partial charge >= 0.3 is 5.69 Å². The second kappa shape index (κ2) is 10.3. The minimum atomic E-state index is -0.0176. The first-order valence-corrected chi connectivity index (χ1v) is 13.4. The molecule has 1 aliphatic heterocycles. The second-order valence-corrected chi connectivity index (χ2v) is 10.1. The van der Waals surface area contributed by atoms with Crippen LogP contribution in [0.3, 0.4) is 0 Å². The highest BCUT2D eigenvalue weighted by atomic mass is 16.1. The van der Waals surface area contributed by atoms with E-state index in [2.05, 4.69) is 59.8 Å². The maximum absolute atomic E-state index is 12.6. The average Bonchev–Trinajstić information content (AvgIpc) is 3.66. The molecule has 4 heterocycles. The molecule has 0 unspecified atom stereocenters. The first-order valence-electron chi connectivity index (χ1n) is 13.4. The van der Waals surface area contributed by atoms with Crippen LogP contribution in [-0.2, 0) is 6.54 Å². The van der Waals surface area contributed by atoms with Crippen molar-refractivity contribution in [1.29, 1.82) is 0 Å². The predicted molar refractivity (Wildman–Crippen MR) is 152 cm³/mol. The molecule has 0 saturated carbocycles. The summed E-state index contributed by atoms with van der Waals surface area (Å²) in [6.07, 6.45) is 3.47. The van der Waals surface area contributed by atoms with Gasteiger partial charge in [-0.25, -0.2) is 9.78 Å². The summed E-state index contributed by atoms with van der Waals surface area (Å²) >= 11 is 0. The van der Waals surface area contributed by atoms with E-state index < -0.39 is 0 Å². The standard InChI is InChI=1S/C30H27N9O/c40-30-32-24-8-4-5-9-26(24)39(30)23-14-16-38(17-15-23)19-20-10-12-22(13-11-20)27-28(21-6-2-1-3-7-21)35-36-29(33-27)25-18-31-37-34-25/h1-13,18,23H,14-17,19H2,(H,32,40)(H,31,34,37). The highest BCUT2D eigenvalue weighted by Gasteiger charge is 2.24. The number of imidazole rings is 1. The molecule has 1 aliphatic rings. The van der Waals surface area contributed by atoms with Crippen molar-refractivity contribution in [3.05, 3.63) is 101 Å². The number of para-hydroxylation sites is 2. The Kier molecular flexibility index (Phi) is 6.21. The van der Waals surface area contributed by atoms with E-state index in [1.165, 1.54) is 5.56 Å². The van der Waals surface area contributed by atoms with Gasteiger partial charge in [-0.15, -0.1) is 10.2 Å². The van der Waals surface area contributed by atoms with E-state index in [-0.39, 0.29) is 11.7 Å². The van der Waals surface area contributed by atoms with Crippen LogP contribution in [0.1, 0.15) is 24.4 Å². The van der Waals surface area contributed by atoms with E-state index in [0.29, 0.717) is 11.5 Å². The molecule has 40 heavy (non-hydrogen) atoms. The molecule has 0 radical (unpaired) electrons. The number of hydrogen-bond acceptors (Lipinski definition) is 7. The van der Waals surface area contributed by atoms with Gasteiger partial charge in [-0.1, -0.05) is 66.7 Å². The van der Waals surface area contributed by atoms with Crippen molar-refractivity contribution in [1.82, 2.24) is 45.0 Å². The Balaban J connectivity index is 1.09. The molecule has 1 fully saturated rings. The molecule has 3 aromatic heterocycles. The topological polar surface area (TPSA) is 121 Å². The Morgan fingerprint density at radius 3 is 2.35 bits per heavy atom. The third kappa shape index (κ3) is 4.58. The molecule has 6 aromatic rings. The van der Waals surface area contributed by atoms with Crippen LogP contribution in [0, 0.1) is 0 Å². The lowest BCUT2D eigenvalue weighted by molar-refractivity contribution is 0.180. The third-order valence-electron chi connectivity index (χ3n) is 7.56. The normalized spacial score (nSPS) is 14.6. The molecular formula is C30H27N9O. The highest BCUT2D eigenvalue weighted by molar-refractivity contribution is 5.78. The number of piperidine rings is 1. The molecular weight excluding hydrogens is 502 g/mol. The monoisotopic (exact) mass is 529 g/mol. The maximum atomic E-state index is 12.6. The fraction of sp³-hybridized carbons (Fsp3) is 0.200. The zero-order chi connectivity index (χ0) is 26.9. The number of aromatic amines is 2. The Morgan fingerprint density at radius 1 is 0.825 bits per heavy atom. The molecule has 0 spiro atoms. The molecule has 7 rings (SSSR count). The summed E-state index contributed by atoms with van der Waals surface area (Å²) in [4.78, 5) is 22.9. The fourth-order valence-corrected chi connectivity index (χ4v) is 5.53. The van der Waals surface area contributed by atoms with E-state index in [0.717, 1.165) is 66.0 Å². The Morgan fingerprint density at radius 2 is 1.57 bits per heavy atom. The number of nitrogens with one attached hydrogen (secondary N) is 2. The molecule has 3 aromatic carbocycles. The van der Waals surface area contributed by atoms with Gasteiger partial charge in [-0.2, -0.15) is 15.4 Å². The Hall–Kier alpha value is -4.96. The lowest BCUT2D eigenvalue weighted by atomic mass is 10.0. The zero-order valence-electron chi connectivity index (χ0n) is 21.7. The maximum Gasteiger partial charge on any atom is 0.326 e. The van der Waals surface area contributed by atoms with Crippen LogP contribution in [-0.4, -0.2) is 58.1 Å². The third-order valence-corrected chi connectivity index (χ3v) is 7.56. The van der Waals surface area contributed by atoms with E-state index in [1.54, 1.807) is 6.20 Å². The molecule has 2 N–H and O–H groups in total. The van der Waals surface area contributed by atoms with Crippen molar-refractivity contribution < 1.29 is 0 Å². The van der Waals surface area contributed by atoms with Gasteiger partial charge in [-0.05, 0) is 30.5 Å². The summed E-state index contributed by atoms with van der Waals surface area (Å²) in [6, 6.07) is 26.6. The van der Waals surface area contributed by atoms with Crippen molar-refractivity contribution in [2.24, 2.45) is 0 Å². The van der Waals surface area contributed by atoms with Gasteiger partial charge in [-0.3, -0.25) is 9.47 Å². The van der Waals surface area contributed by atoms with Crippen molar-refractivity contribution in [2.45, 2.75) is 25.4 Å². The molecule has 0 atom stereocenters. The number of H-pyrrole nitrogens is 2. The van der Waals surface area contributed by atoms with Crippen molar-refractivity contribution in [2.75, 3.05) is 13.1 Å². The minimum absolute atomic E-state index is 0.0176. The number of rotatable bonds is 6. The SMILES string of the molecule is O=c1[nH]c2ccccc2n1C1CCN(Cc2ccc(-c3nc(-c4cn[nH]n4)nnc3-c3ccccc3)cc2)CC1. The van der Waals surface area contributed by atoms with Crippen molar-refractivity contribution in [3.8, 4) is 34.0 Å². The highest BCUT2D eigenvalue weighted by Crippen LogP contribution is 2.30. The molecule has 0 aliphatic carbocycles. The van der Waals surface area contributed by atoms with Crippen LogP contribution < -0.4 is 5.69 Å². The predicted octanol–water partition coefficient (Wildman–Crippen LogP) is 4.47. The van der Waals surface area contributed by atoms with Gasteiger partial charge in [0.2, 0.25) is 5.82 Å². The quantitative estimate of drug-likeness (QED) is 0.326. The first kappa shape index (κ1) is 24.1. The smallest absolute Gasteiger partial charge is 0.306 e. The van der Waals surface area contributed by atoms with Crippen LogP contribution in [0.15, 0.2) is 89.9 Å². The van der Waals surface area contributed by atoms with Gasteiger partial charge in [0.1, 0.15) is 11.4 Å². The van der Waals surface area contributed by atoms with Crippen LogP contribution in [0.5, 0.6) is 0 Å². The van der Waals surface area contributed by atoms with Gasteiger partial charge in [0.15, 0.2) is 5.69 Å².